The second-order valence-electron chi connectivity index (χ2n) is 4.65. The molecule has 1 N–H and O–H groups in total. The summed E-state index contributed by atoms with van der Waals surface area (Å²) in [7, 11) is 5.64. The van der Waals surface area contributed by atoms with Crippen LogP contribution in [-0.4, -0.2) is 41.4 Å². The van der Waals surface area contributed by atoms with Gasteiger partial charge in [-0.25, -0.2) is 4.98 Å². The molecule has 0 aliphatic rings. The number of methoxy groups -OCH3 is 1. The third-order valence-electron chi connectivity index (χ3n) is 3.14. The van der Waals surface area contributed by atoms with Gasteiger partial charge in [-0.05, 0) is 12.1 Å². The number of fused-ring (bicyclic) bond motifs is 1. The number of anilines is 1. The van der Waals surface area contributed by atoms with Crippen molar-refractivity contribution < 1.29 is 4.74 Å². The smallest absolute Gasteiger partial charge is 0.140 e. The van der Waals surface area contributed by atoms with Crippen molar-refractivity contribution in [3.8, 4) is 17.1 Å². The molecule has 1 aromatic carbocycles. The van der Waals surface area contributed by atoms with Gasteiger partial charge in [-0.15, -0.1) is 0 Å². The van der Waals surface area contributed by atoms with Crippen molar-refractivity contribution in [2.45, 2.75) is 0 Å². The van der Waals surface area contributed by atoms with Crippen LogP contribution in [-0.2, 0) is 0 Å². The Hall–Kier alpha value is -2.63. The third kappa shape index (κ3) is 2.05. The zero-order chi connectivity index (χ0) is 14.1. The maximum absolute atomic E-state index is 5.28. The van der Waals surface area contributed by atoms with E-state index in [4.69, 9.17) is 4.74 Å². The number of nitrogens with one attached hydrogen (secondary N) is 1. The number of aromatic amines is 1. The Morgan fingerprint density at radius 2 is 1.95 bits per heavy atom. The van der Waals surface area contributed by atoms with Gasteiger partial charge >= 0.3 is 0 Å². The number of imidazole rings is 1. The van der Waals surface area contributed by atoms with Gasteiger partial charge in [0, 0.05) is 25.7 Å². The summed E-state index contributed by atoms with van der Waals surface area (Å²) in [4.78, 5) is 9.85. The molecule has 0 aliphatic carbocycles. The summed E-state index contributed by atoms with van der Waals surface area (Å²) < 4.78 is 5.28. The van der Waals surface area contributed by atoms with Crippen LogP contribution in [0.15, 0.2) is 30.6 Å². The number of nitrogens with zero attached hydrogens (tertiary/aromatic N) is 4. The number of H-pyrrole nitrogens is 1. The van der Waals surface area contributed by atoms with Crippen LogP contribution in [0.2, 0.25) is 0 Å². The van der Waals surface area contributed by atoms with Crippen LogP contribution in [0.5, 0.6) is 5.75 Å². The molecule has 20 heavy (non-hydrogen) atoms. The molecule has 6 heteroatoms. The lowest BCUT2D eigenvalue weighted by atomic mass is 10.1. The SMILES string of the molecule is COc1ccc(-c2nc3cnncc3[nH]2)c(N(C)C)c1. The topological polar surface area (TPSA) is 66.9 Å². The van der Waals surface area contributed by atoms with E-state index in [1.807, 2.05) is 37.2 Å². The first-order chi connectivity index (χ1) is 9.69. The number of benzene rings is 1. The maximum Gasteiger partial charge on any atom is 0.140 e. The second-order valence-corrected chi connectivity index (χ2v) is 4.65. The van der Waals surface area contributed by atoms with Crippen molar-refractivity contribution in [2.75, 3.05) is 26.1 Å². The van der Waals surface area contributed by atoms with Gasteiger partial charge in [-0.3, -0.25) is 0 Å². The number of rotatable bonds is 3. The van der Waals surface area contributed by atoms with Crippen LogP contribution in [0.1, 0.15) is 0 Å². The van der Waals surface area contributed by atoms with Crippen molar-refractivity contribution in [1.82, 2.24) is 20.2 Å². The summed E-state index contributed by atoms with van der Waals surface area (Å²) in [5.74, 6) is 1.61. The first-order valence-electron chi connectivity index (χ1n) is 6.21. The number of ether oxygens (including phenoxy) is 1. The fraction of sp³-hybridized carbons (Fsp3) is 0.214. The van der Waals surface area contributed by atoms with Crippen LogP contribution < -0.4 is 9.64 Å². The van der Waals surface area contributed by atoms with Gasteiger partial charge in [0.25, 0.3) is 0 Å². The molecule has 0 aliphatic heterocycles. The van der Waals surface area contributed by atoms with Gasteiger partial charge in [-0.2, -0.15) is 10.2 Å². The molecule has 2 heterocycles. The molecule has 6 nitrogen and oxygen atoms in total. The van der Waals surface area contributed by atoms with Crippen LogP contribution in [0.3, 0.4) is 0 Å². The molecule has 0 saturated heterocycles. The Morgan fingerprint density at radius 3 is 2.65 bits per heavy atom. The summed E-state index contributed by atoms with van der Waals surface area (Å²) in [6.45, 7) is 0. The molecule has 0 fully saturated rings. The van der Waals surface area contributed by atoms with Crippen molar-refractivity contribution in [3.63, 3.8) is 0 Å². The van der Waals surface area contributed by atoms with E-state index in [9.17, 15) is 0 Å². The summed E-state index contributed by atoms with van der Waals surface area (Å²) in [5.41, 5.74) is 3.71. The third-order valence-corrected chi connectivity index (χ3v) is 3.14. The molecule has 0 radical (unpaired) electrons. The highest BCUT2D eigenvalue weighted by molar-refractivity contribution is 5.82. The Labute approximate surface area is 116 Å². The molecule has 0 bridgehead atoms. The zero-order valence-corrected chi connectivity index (χ0v) is 11.6. The minimum Gasteiger partial charge on any atom is -0.497 e. The number of hydrogen-bond donors (Lipinski definition) is 1. The summed E-state index contributed by atoms with van der Waals surface area (Å²) >= 11 is 0. The summed E-state index contributed by atoms with van der Waals surface area (Å²) in [6, 6.07) is 5.90. The Morgan fingerprint density at radius 1 is 1.15 bits per heavy atom. The highest BCUT2D eigenvalue weighted by Crippen LogP contribution is 2.32. The van der Waals surface area contributed by atoms with E-state index in [1.54, 1.807) is 19.5 Å². The van der Waals surface area contributed by atoms with Gasteiger partial charge in [0.05, 0.1) is 30.7 Å². The summed E-state index contributed by atoms with van der Waals surface area (Å²) in [6.07, 6.45) is 3.32. The van der Waals surface area contributed by atoms with Crippen LogP contribution in [0, 0.1) is 0 Å². The first-order valence-corrected chi connectivity index (χ1v) is 6.21. The quantitative estimate of drug-likeness (QED) is 0.788. The Kier molecular flexibility index (Phi) is 2.98. The van der Waals surface area contributed by atoms with Crippen molar-refractivity contribution in [3.05, 3.63) is 30.6 Å². The van der Waals surface area contributed by atoms with Gasteiger partial charge in [-0.1, -0.05) is 0 Å². The van der Waals surface area contributed by atoms with Crippen LogP contribution in [0.25, 0.3) is 22.4 Å². The molecule has 0 saturated carbocycles. The van der Waals surface area contributed by atoms with Gasteiger partial charge < -0.3 is 14.6 Å². The fourth-order valence-corrected chi connectivity index (χ4v) is 2.11. The lowest BCUT2D eigenvalue weighted by molar-refractivity contribution is 0.415. The van der Waals surface area contributed by atoms with Gasteiger partial charge in [0.15, 0.2) is 0 Å². The average molecular weight is 269 g/mol. The van der Waals surface area contributed by atoms with Crippen LogP contribution in [0.4, 0.5) is 5.69 Å². The highest BCUT2D eigenvalue weighted by Gasteiger charge is 2.12. The minimum atomic E-state index is 0.793. The Balaban J connectivity index is 2.17. The molecular formula is C14H15N5O. The summed E-state index contributed by atoms with van der Waals surface area (Å²) in [5, 5.41) is 7.69. The normalized spacial score (nSPS) is 10.8. The zero-order valence-electron chi connectivity index (χ0n) is 11.6. The number of hydrogen-bond acceptors (Lipinski definition) is 5. The van der Waals surface area contributed by atoms with E-state index in [0.29, 0.717) is 0 Å². The maximum atomic E-state index is 5.28. The van der Waals surface area contributed by atoms with E-state index >= 15 is 0 Å². The van der Waals surface area contributed by atoms with Gasteiger partial charge in [0.2, 0.25) is 0 Å². The molecule has 102 valence electrons. The molecule has 0 atom stereocenters. The monoisotopic (exact) mass is 269 g/mol. The van der Waals surface area contributed by atoms with E-state index in [2.05, 4.69) is 20.2 Å². The van der Waals surface area contributed by atoms with Crippen molar-refractivity contribution >= 4 is 16.7 Å². The van der Waals surface area contributed by atoms with Gasteiger partial charge in [0.1, 0.15) is 17.1 Å². The predicted molar refractivity (Wildman–Crippen MR) is 78.0 cm³/mol. The molecule has 2 aromatic heterocycles. The van der Waals surface area contributed by atoms with Crippen molar-refractivity contribution in [2.24, 2.45) is 0 Å². The standard InChI is InChI=1S/C14H15N5O/c1-19(2)13-6-9(20-3)4-5-10(13)14-17-11-7-15-16-8-12(11)18-14/h4-8H,1-3H3,(H,17,18). The molecular weight excluding hydrogens is 254 g/mol. The largest absolute Gasteiger partial charge is 0.497 e. The lowest BCUT2D eigenvalue weighted by Gasteiger charge is -2.17. The van der Waals surface area contributed by atoms with E-state index in [-0.39, 0.29) is 0 Å². The highest BCUT2D eigenvalue weighted by atomic mass is 16.5. The van der Waals surface area contributed by atoms with Crippen LogP contribution >= 0.6 is 0 Å². The molecule has 3 aromatic rings. The van der Waals surface area contributed by atoms with E-state index in [1.165, 1.54) is 0 Å². The molecule has 0 spiro atoms. The fourth-order valence-electron chi connectivity index (χ4n) is 2.11. The molecule has 3 rings (SSSR count). The lowest BCUT2D eigenvalue weighted by Crippen LogP contribution is -2.10. The van der Waals surface area contributed by atoms with E-state index < -0.39 is 0 Å². The average Bonchev–Trinajstić information content (AvgIpc) is 2.90. The second kappa shape index (κ2) is 4.80. The van der Waals surface area contributed by atoms with Crippen molar-refractivity contribution in [1.29, 1.82) is 0 Å². The predicted octanol–water partition coefficient (Wildman–Crippen LogP) is 2.09. The Bertz CT molecular complexity index is 717. The minimum absolute atomic E-state index is 0.793. The molecule has 0 unspecified atom stereocenters. The number of aromatic nitrogens is 4. The first kappa shape index (κ1) is 12.4. The molecule has 0 amide bonds. The van der Waals surface area contributed by atoms with E-state index in [0.717, 1.165) is 33.9 Å².